The van der Waals surface area contributed by atoms with Crippen molar-refractivity contribution in [1.82, 2.24) is 20.4 Å². The maximum Gasteiger partial charge on any atom is 0.251 e. The predicted molar refractivity (Wildman–Crippen MR) is 78.7 cm³/mol. The van der Waals surface area contributed by atoms with Crippen molar-refractivity contribution in [1.29, 1.82) is 0 Å². The molecule has 0 saturated carbocycles. The average molecular weight is 272 g/mol. The van der Waals surface area contributed by atoms with Gasteiger partial charge in [0.1, 0.15) is 0 Å². The molecular weight excluding hydrogens is 252 g/mol. The number of H-pyrrole nitrogens is 1. The summed E-state index contributed by atoms with van der Waals surface area (Å²) in [5.41, 5.74) is 1.57. The fraction of sp³-hybridized carbons (Fsp3) is 0.467. The molecule has 2 heterocycles. The first-order valence-corrected chi connectivity index (χ1v) is 7.19. The van der Waals surface area contributed by atoms with Crippen LogP contribution in [0.1, 0.15) is 30.1 Å². The Kier molecular flexibility index (Phi) is 3.69. The van der Waals surface area contributed by atoms with Gasteiger partial charge in [-0.2, -0.15) is 5.10 Å². The zero-order valence-corrected chi connectivity index (χ0v) is 11.7. The molecule has 0 aliphatic carbocycles. The average Bonchev–Trinajstić information content (AvgIpc) is 3.13. The molecule has 1 atom stereocenters. The maximum atomic E-state index is 12.2. The van der Waals surface area contributed by atoms with E-state index in [1.807, 2.05) is 18.2 Å². The number of hydrogen-bond acceptors (Lipinski definition) is 3. The Balaban J connectivity index is 1.60. The molecule has 2 aromatic rings. The molecule has 20 heavy (non-hydrogen) atoms. The number of benzene rings is 1. The molecule has 1 aromatic carbocycles. The Labute approximate surface area is 118 Å². The lowest BCUT2D eigenvalue weighted by Crippen LogP contribution is -2.40. The van der Waals surface area contributed by atoms with Crippen LogP contribution in [-0.2, 0) is 0 Å². The molecule has 3 rings (SSSR count). The van der Waals surface area contributed by atoms with Crippen LogP contribution in [-0.4, -0.2) is 46.7 Å². The van der Waals surface area contributed by atoms with Gasteiger partial charge in [-0.3, -0.25) is 14.8 Å². The first kappa shape index (κ1) is 13.1. The van der Waals surface area contributed by atoms with E-state index >= 15 is 0 Å². The van der Waals surface area contributed by atoms with Crippen LogP contribution in [0.25, 0.3) is 10.9 Å². The third kappa shape index (κ3) is 2.67. The van der Waals surface area contributed by atoms with Gasteiger partial charge in [0.15, 0.2) is 0 Å². The van der Waals surface area contributed by atoms with Gasteiger partial charge in [-0.05, 0) is 45.0 Å². The molecule has 1 fully saturated rings. The number of likely N-dealkylation sites (tertiary alicyclic amines) is 1. The fourth-order valence-electron chi connectivity index (χ4n) is 2.73. The lowest BCUT2D eigenvalue weighted by molar-refractivity contribution is 0.0940. The molecule has 1 aliphatic heterocycles. The number of fused-ring (bicyclic) bond motifs is 1. The summed E-state index contributed by atoms with van der Waals surface area (Å²) in [6, 6.07) is 6.00. The van der Waals surface area contributed by atoms with Gasteiger partial charge >= 0.3 is 0 Å². The van der Waals surface area contributed by atoms with Crippen LogP contribution in [0, 0.1) is 0 Å². The van der Waals surface area contributed by atoms with E-state index in [1.54, 1.807) is 6.20 Å². The quantitative estimate of drug-likeness (QED) is 0.892. The Hall–Kier alpha value is -1.88. The zero-order chi connectivity index (χ0) is 13.9. The van der Waals surface area contributed by atoms with Gasteiger partial charge in [0.2, 0.25) is 0 Å². The van der Waals surface area contributed by atoms with E-state index in [1.165, 1.54) is 12.8 Å². The summed E-state index contributed by atoms with van der Waals surface area (Å²) >= 11 is 0. The highest BCUT2D eigenvalue weighted by Crippen LogP contribution is 2.13. The number of rotatable bonds is 4. The number of amides is 1. The van der Waals surface area contributed by atoms with Crippen LogP contribution in [0.2, 0.25) is 0 Å². The number of aromatic nitrogens is 2. The number of nitrogens with one attached hydrogen (secondary N) is 2. The van der Waals surface area contributed by atoms with E-state index < -0.39 is 0 Å². The lowest BCUT2D eigenvalue weighted by atomic mass is 10.1. The second-order valence-corrected chi connectivity index (χ2v) is 5.47. The first-order chi connectivity index (χ1) is 9.74. The molecule has 106 valence electrons. The van der Waals surface area contributed by atoms with Gasteiger partial charge < -0.3 is 5.32 Å². The first-order valence-electron chi connectivity index (χ1n) is 7.19. The summed E-state index contributed by atoms with van der Waals surface area (Å²) in [6.07, 6.45) is 4.30. The number of carbonyl (C=O) groups excluding carboxylic acids is 1. The van der Waals surface area contributed by atoms with E-state index in [4.69, 9.17) is 0 Å². The molecule has 1 aliphatic rings. The molecule has 0 radical (unpaired) electrons. The predicted octanol–water partition coefficient (Wildman–Crippen LogP) is 1.78. The summed E-state index contributed by atoms with van der Waals surface area (Å²) in [5, 5.41) is 10.9. The number of hydrogen-bond donors (Lipinski definition) is 2. The smallest absolute Gasteiger partial charge is 0.251 e. The monoisotopic (exact) mass is 272 g/mol. The van der Waals surface area contributed by atoms with Crippen molar-refractivity contribution in [3.8, 4) is 0 Å². The molecular formula is C15H20N4O. The Morgan fingerprint density at radius 3 is 3.05 bits per heavy atom. The van der Waals surface area contributed by atoms with Gasteiger partial charge in [-0.25, -0.2) is 0 Å². The van der Waals surface area contributed by atoms with E-state index in [2.05, 4.69) is 27.3 Å². The van der Waals surface area contributed by atoms with Crippen molar-refractivity contribution in [2.24, 2.45) is 0 Å². The molecule has 1 aromatic heterocycles. The summed E-state index contributed by atoms with van der Waals surface area (Å²) in [4.78, 5) is 14.6. The van der Waals surface area contributed by atoms with Crippen molar-refractivity contribution in [3.63, 3.8) is 0 Å². The third-order valence-electron chi connectivity index (χ3n) is 4.03. The maximum absolute atomic E-state index is 12.2. The summed E-state index contributed by atoms with van der Waals surface area (Å²) in [6.45, 7) is 5.16. The second kappa shape index (κ2) is 5.63. The largest absolute Gasteiger partial charge is 0.350 e. The highest BCUT2D eigenvalue weighted by molar-refractivity contribution is 5.97. The van der Waals surface area contributed by atoms with E-state index in [0.717, 1.165) is 24.0 Å². The van der Waals surface area contributed by atoms with Crippen molar-refractivity contribution in [2.75, 3.05) is 19.6 Å². The molecule has 2 N–H and O–H groups in total. The highest BCUT2D eigenvalue weighted by Gasteiger charge is 2.18. The van der Waals surface area contributed by atoms with Gasteiger partial charge in [0.25, 0.3) is 5.91 Å². The van der Waals surface area contributed by atoms with Crippen molar-refractivity contribution >= 4 is 16.8 Å². The van der Waals surface area contributed by atoms with Gasteiger partial charge in [-0.15, -0.1) is 0 Å². The van der Waals surface area contributed by atoms with E-state index in [-0.39, 0.29) is 5.91 Å². The van der Waals surface area contributed by atoms with Crippen LogP contribution < -0.4 is 5.32 Å². The minimum absolute atomic E-state index is 0.0208. The van der Waals surface area contributed by atoms with Gasteiger partial charge in [0, 0.05) is 23.5 Å². The van der Waals surface area contributed by atoms with Crippen molar-refractivity contribution in [2.45, 2.75) is 25.8 Å². The lowest BCUT2D eigenvalue weighted by Gasteiger charge is -2.23. The summed E-state index contributed by atoms with van der Waals surface area (Å²) in [7, 11) is 0. The Morgan fingerprint density at radius 1 is 1.45 bits per heavy atom. The fourth-order valence-corrected chi connectivity index (χ4v) is 2.73. The molecule has 1 saturated heterocycles. The Morgan fingerprint density at radius 2 is 2.25 bits per heavy atom. The van der Waals surface area contributed by atoms with Crippen LogP contribution in [0.15, 0.2) is 24.4 Å². The molecule has 5 heteroatoms. The molecule has 1 amide bonds. The van der Waals surface area contributed by atoms with Crippen molar-refractivity contribution in [3.05, 3.63) is 30.0 Å². The SMILES string of the molecule is CC(CNC(=O)c1ccc2cn[nH]c2c1)N1CCCC1. The summed E-state index contributed by atoms with van der Waals surface area (Å²) < 4.78 is 0. The minimum Gasteiger partial charge on any atom is -0.350 e. The molecule has 0 spiro atoms. The number of aromatic amines is 1. The van der Waals surface area contributed by atoms with Crippen molar-refractivity contribution < 1.29 is 4.79 Å². The van der Waals surface area contributed by atoms with Gasteiger partial charge in [0.05, 0.1) is 11.7 Å². The standard InChI is InChI=1S/C15H20N4O/c1-11(19-6-2-3-7-19)9-16-15(20)12-4-5-13-10-17-18-14(13)8-12/h4-5,8,10-11H,2-3,6-7,9H2,1H3,(H,16,20)(H,17,18). The summed E-state index contributed by atoms with van der Waals surface area (Å²) in [5.74, 6) is -0.0208. The third-order valence-corrected chi connectivity index (χ3v) is 4.03. The van der Waals surface area contributed by atoms with Crippen LogP contribution in [0.3, 0.4) is 0 Å². The minimum atomic E-state index is -0.0208. The van der Waals surface area contributed by atoms with E-state index in [9.17, 15) is 4.79 Å². The second-order valence-electron chi connectivity index (χ2n) is 5.47. The molecule has 5 nitrogen and oxygen atoms in total. The zero-order valence-electron chi connectivity index (χ0n) is 11.7. The normalized spacial score (nSPS) is 17.4. The highest BCUT2D eigenvalue weighted by atomic mass is 16.1. The van der Waals surface area contributed by atoms with Crippen LogP contribution >= 0.6 is 0 Å². The van der Waals surface area contributed by atoms with Crippen LogP contribution in [0.4, 0.5) is 0 Å². The number of carbonyl (C=O) groups is 1. The topological polar surface area (TPSA) is 61.0 Å². The molecule has 0 bridgehead atoms. The van der Waals surface area contributed by atoms with E-state index in [0.29, 0.717) is 18.2 Å². The van der Waals surface area contributed by atoms with Gasteiger partial charge in [-0.1, -0.05) is 6.07 Å². The van der Waals surface area contributed by atoms with Crippen LogP contribution in [0.5, 0.6) is 0 Å². The Bertz CT molecular complexity index is 601. The molecule has 1 unspecified atom stereocenters. The number of nitrogens with zero attached hydrogens (tertiary/aromatic N) is 2.